The van der Waals surface area contributed by atoms with Crippen molar-refractivity contribution >= 4 is 10.5 Å². The molecule has 0 aliphatic rings. The van der Waals surface area contributed by atoms with Gasteiger partial charge in [-0.1, -0.05) is 78.6 Å². The molecule has 0 unspecified atom stereocenters. The van der Waals surface area contributed by atoms with Gasteiger partial charge in [0.1, 0.15) is 10.5 Å². The number of unbranched alkanes of at least 4 members (excludes halogenated alkanes) is 6. The summed E-state index contributed by atoms with van der Waals surface area (Å²) in [5, 5.41) is 0. The van der Waals surface area contributed by atoms with Crippen molar-refractivity contribution in [2.24, 2.45) is 0 Å². The van der Waals surface area contributed by atoms with Crippen LogP contribution in [0.3, 0.4) is 0 Å². The van der Waals surface area contributed by atoms with Gasteiger partial charge < -0.3 is 4.43 Å². The van der Waals surface area contributed by atoms with Crippen molar-refractivity contribution in [2.75, 3.05) is 0 Å². The van der Waals surface area contributed by atoms with E-state index in [9.17, 15) is 0 Å². The first-order valence-electron chi connectivity index (χ1n) is 8.29. The molecule has 0 rings (SSSR count). The smallest absolute Gasteiger partial charge is 0.146 e. The summed E-state index contributed by atoms with van der Waals surface area (Å²) in [7, 11) is 0.901. The lowest BCUT2D eigenvalue weighted by Gasteiger charge is -2.34. The van der Waals surface area contributed by atoms with E-state index in [-0.39, 0.29) is 5.60 Å². The van der Waals surface area contributed by atoms with E-state index in [1.165, 1.54) is 77.0 Å². The summed E-state index contributed by atoms with van der Waals surface area (Å²) in [5.74, 6) is 0. The zero-order valence-corrected chi connectivity index (χ0v) is 15.4. The molecule has 0 N–H and O–H groups in total. The van der Waals surface area contributed by atoms with Gasteiger partial charge in [-0.3, -0.25) is 0 Å². The first kappa shape index (κ1) is 18.2. The zero-order chi connectivity index (χ0) is 13.7. The van der Waals surface area contributed by atoms with E-state index in [0.717, 1.165) is 10.5 Å². The standard InChI is InChI=1S/C16H36OSi/c1-4-7-10-13-16(17-18,14-11-8-5-2)15-12-9-6-3/h4-15H2,1-3,18H3. The van der Waals surface area contributed by atoms with E-state index in [0.29, 0.717) is 0 Å². The molecule has 0 bridgehead atoms. The van der Waals surface area contributed by atoms with Gasteiger partial charge >= 0.3 is 0 Å². The van der Waals surface area contributed by atoms with Gasteiger partial charge in [0.15, 0.2) is 0 Å². The molecule has 0 aliphatic heterocycles. The van der Waals surface area contributed by atoms with Crippen LogP contribution in [0.15, 0.2) is 0 Å². The Labute approximate surface area is 119 Å². The minimum Gasteiger partial charge on any atom is -0.422 e. The molecule has 0 fully saturated rings. The van der Waals surface area contributed by atoms with Crippen LogP contribution < -0.4 is 0 Å². The maximum absolute atomic E-state index is 6.12. The Balaban J connectivity index is 4.20. The van der Waals surface area contributed by atoms with Crippen LogP contribution in [0, 0.1) is 0 Å². The third-order valence-electron chi connectivity index (χ3n) is 4.14. The van der Waals surface area contributed by atoms with Crippen LogP contribution in [0.1, 0.15) is 97.8 Å². The van der Waals surface area contributed by atoms with Gasteiger partial charge in [0.05, 0.1) is 5.60 Å². The highest BCUT2D eigenvalue weighted by molar-refractivity contribution is 5.98. The second-order valence-corrected chi connectivity index (χ2v) is 6.17. The monoisotopic (exact) mass is 272 g/mol. The lowest BCUT2D eigenvalue weighted by Crippen LogP contribution is -2.32. The van der Waals surface area contributed by atoms with E-state index in [2.05, 4.69) is 20.8 Å². The largest absolute Gasteiger partial charge is 0.422 e. The Morgan fingerprint density at radius 1 is 0.667 bits per heavy atom. The lowest BCUT2D eigenvalue weighted by atomic mass is 9.85. The van der Waals surface area contributed by atoms with Gasteiger partial charge in [0.25, 0.3) is 0 Å². The molecule has 110 valence electrons. The molecule has 0 aromatic rings. The molecule has 1 nitrogen and oxygen atoms in total. The van der Waals surface area contributed by atoms with Crippen molar-refractivity contribution in [3.63, 3.8) is 0 Å². The predicted molar refractivity (Wildman–Crippen MR) is 86.2 cm³/mol. The summed E-state index contributed by atoms with van der Waals surface area (Å²) in [6.45, 7) is 6.87. The molecule has 2 heteroatoms. The molecular weight excluding hydrogens is 236 g/mol. The minimum atomic E-state index is 0.256. The number of rotatable bonds is 13. The summed E-state index contributed by atoms with van der Waals surface area (Å²) in [6.07, 6.45) is 16.1. The van der Waals surface area contributed by atoms with Gasteiger partial charge in [0.2, 0.25) is 0 Å². The average molecular weight is 273 g/mol. The molecule has 0 aromatic heterocycles. The second kappa shape index (κ2) is 12.2. The van der Waals surface area contributed by atoms with Crippen LogP contribution in [0.2, 0.25) is 0 Å². The minimum absolute atomic E-state index is 0.256. The Morgan fingerprint density at radius 2 is 1.00 bits per heavy atom. The fraction of sp³-hybridized carbons (Fsp3) is 1.00. The summed E-state index contributed by atoms with van der Waals surface area (Å²) in [4.78, 5) is 0. The van der Waals surface area contributed by atoms with E-state index in [4.69, 9.17) is 4.43 Å². The molecule has 0 amide bonds. The first-order chi connectivity index (χ1) is 8.74. The Kier molecular flexibility index (Phi) is 12.3. The highest BCUT2D eigenvalue weighted by Crippen LogP contribution is 2.31. The van der Waals surface area contributed by atoms with Crippen LogP contribution in [-0.2, 0) is 4.43 Å². The third kappa shape index (κ3) is 8.31. The first-order valence-corrected chi connectivity index (χ1v) is 9.11. The van der Waals surface area contributed by atoms with E-state index in [1.54, 1.807) is 0 Å². The van der Waals surface area contributed by atoms with Crippen molar-refractivity contribution in [2.45, 2.75) is 103 Å². The van der Waals surface area contributed by atoms with E-state index in [1.807, 2.05) is 0 Å². The van der Waals surface area contributed by atoms with Crippen LogP contribution >= 0.6 is 0 Å². The predicted octanol–water partition coefficient (Wildman–Crippen LogP) is 4.76. The highest BCUT2D eigenvalue weighted by Gasteiger charge is 2.27. The van der Waals surface area contributed by atoms with E-state index < -0.39 is 0 Å². The normalized spacial score (nSPS) is 12.2. The van der Waals surface area contributed by atoms with Gasteiger partial charge in [-0.05, 0) is 19.3 Å². The second-order valence-electron chi connectivity index (χ2n) is 5.76. The maximum atomic E-state index is 6.12. The Hall–Kier alpha value is 0.177. The van der Waals surface area contributed by atoms with Crippen LogP contribution in [0.25, 0.3) is 0 Å². The SMILES string of the molecule is CCCCCC(CCCCC)(CCCCC)O[SiH3]. The molecule has 0 heterocycles. The molecule has 0 aromatic carbocycles. The van der Waals surface area contributed by atoms with Crippen LogP contribution in [-0.4, -0.2) is 16.1 Å². The molecule has 18 heavy (non-hydrogen) atoms. The van der Waals surface area contributed by atoms with Crippen molar-refractivity contribution in [3.05, 3.63) is 0 Å². The maximum Gasteiger partial charge on any atom is 0.146 e. The van der Waals surface area contributed by atoms with Crippen molar-refractivity contribution < 1.29 is 4.43 Å². The third-order valence-corrected chi connectivity index (χ3v) is 5.01. The molecule has 0 radical (unpaired) electrons. The van der Waals surface area contributed by atoms with Gasteiger partial charge in [-0.25, -0.2) is 0 Å². The van der Waals surface area contributed by atoms with Gasteiger partial charge in [-0.2, -0.15) is 0 Å². The summed E-state index contributed by atoms with van der Waals surface area (Å²) < 4.78 is 6.12. The quantitative estimate of drug-likeness (QED) is 0.347. The molecule has 0 aliphatic carbocycles. The van der Waals surface area contributed by atoms with Crippen molar-refractivity contribution in [1.29, 1.82) is 0 Å². The van der Waals surface area contributed by atoms with Crippen molar-refractivity contribution in [1.82, 2.24) is 0 Å². The average Bonchev–Trinajstić information content (AvgIpc) is 2.39. The summed E-state index contributed by atoms with van der Waals surface area (Å²) in [6, 6.07) is 0. The molecule has 0 spiro atoms. The fourth-order valence-electron chi connectivity index (χ4n) is 2.77. The Morgan fingerprint density at radius 3 is 1.22 bits per heavy atom. The zero-order valence-electron chi connectivity index (χ0n) is 13.4. The molecule has 0 saturated carbocycles. The lowest BCUT2D eigenvalue weighted by molar-refractivity contribution is 0.0427. The van der Waals surface area contributed by atoms with Crippen molar-refractivity contribution in [3.8, 4) is 0 Å². The fourth-order valence-corrected chi connectivity index (χ4v) is 3.39. The molecule has 0 saturated heterocycles. The van der Waals surface area contributed by atoms with Crippen LogP contribution in [0.5, 0.6) is 0 Å². The van der Waals surface area contributed by atoms with Gasteiger partial charge in [0, 0.05) is 0 Å². The summed E-state index contributed by atoms with van der Waals surface area (Å²) >= 11 is 0. The topological polar surface area (TPSA) is 9.23 Å². The summed E-state index contributed by atoms with van der Waals surface area (Å²) in [5.41, 5.74) is 0.256. The van der Waals surface area contributed by atoms with E-state index >= 15 is 0 Å². The molecule has 0 atom stereocenters. The Bertz CT molecular complexity index is 144. The number of hydrogen-bond acceptors (Lipinski definition) is 1. The highest BCUT2D eigenvalue weighted by atomic mass is 28.2. The van der Waals surface area contributed by atoms with Crippen LogP contribution in [0.4, 0.5) is 0 Å². The molecular formula is C16H36OSi. The van der Waals surface area contributed by atoms with Gasteiger partial charge in [-0.15, -0.1) is 0 Å². The number of hydrogen-bond donors (Lipinski definition) is 0.